The summed E-state index contributed by atoms with van der Waals surface area (Å²) in [7, 11) is 4.31. The van der Waals surface area contributed by atoms with Crippen molar-refractivity contribution < 1.29 is 9.53 Å². The van der Waals surface area contributed by atoms with Gasteiger partial charge in [-0.2, -0.15) is 0 Å². The number of hydrogen-bond donors (Lipinski definition) is 1. The van der Waals surface area contributed by atoms with Gasteiger partial charge in [-0.05, 0) is 71.0 Å². The highest BCUT2D eigenvalue weighted by molar-refractivity contribution is 7.19. The Morgan fingerprint density at radius 2 is 2.04 bits per heavy atom. The monoisotopic (exact) mass is 402 g/mol. The minimum absolute atomic E-state index is 0.126. The molecular weight excluding hydrogens is 372 g/mol. The molecule has 2 aromatic rings. The van der Waals surface area contributed by atoms with E-state index in [1.807, 2.05) is 6.92 Å². The molecule has 4 rings (SSSR count). The number of hydrogen-bond acceptors (Lipinski definition) is 6. The van der Waals surface area contributed by atoms with Crippen molar-refractivity contribution >= 4 is 27.5 Å². The quantitative estimate of drug-likeness (QED) is 0.801. The van der Waals surface area contributed by atoms with Crippen molar-refractivity contribution in [2.75, 3.05) is 20.6 Å². The number of amides is 1. The highest BCUT2D eigenvalue weighted by Gasteiger charge is 2.32. The fourth-order valence-electron chi connectivity index (χ4n) is 4.66. The second-order valence-electron chi connectivity index (χ2n) is 8.20. The van der Waals surface area contributed by atoms with E-state index in [0.717, 1.165) is 54.6 Å². The summed E-state index contributed by atoms with van der Waals surface area (Å²) in [5.41, 5.74) is 1.27. The summed E-state index contributed by atoms with van der Waals surface area (Å²) in [5, 5.41) is 3.99. The Morgan fingerprint density at radius 3 is 2.75 bits per heavy atom. The number of fused-ring (bicyclic) bond motifs is 3. The first-order valence-electron chi connectivity index (χ1n) is 10.4. The smallest absolute Gasteiger partial charge is 0.225 e. The SMILES string of the molecule is CCNC(=O)C[C@@H]1CCc2sc3ncnc(OC4CCC(N(C)C)CC4)c3c21. The van der Waals surface area contributed by atoms with Crippen molar-refractivity contribution in [1.29, 1.82) is 0 Å². The molecule has 2 heterocycles. The molecule has 28 heavy (non-hydrogen) atoms. The zero-order valence-electron chi connectivity index (χ0n) is 17.0. The molecule has 0 aliphatic heterocycles. The normalized spacial score (nSPS) is 24.5. The molecule has 1 fully saturated rings. The van der Waals surface area contributed by atoms with Crippen LogP contribution in [0, 0.1) is 0 Å². The Morgan fingerprint density at radius 1 is 1.25 bits per heavy atom. The number of ether oxygens (including phenoxy) is 1. The Balaban J connectivity index is 1.56. The van der Waals surface area contributed by atoms with Crippen LogP contribution < -0.4 is 10.1 Å². The number of aryl methyl sites for hydroxylation is 1. The van der Waals surface area contributed by atoms with Gasteiger partial charge in [0, 0.05) is 23.9 Å². The van der Waals surface area contributed by atoms with Crippen LogP contribution >= 0.6 is 11.3 Å². The number of carbonyl (C=O) groups excluding carboxylic acids is 1. The first-order valence-corrected chi connectivity index (χ1v) is 11.2. The van der Waals surface area contributed by atoms with Crippen LogP contribution in [0.1, 0.15) is 61.8 Å². The summed E-state index contributed by atoms with van der Waals surface area (Å²) in [6.45, 7) is 2.64. The minimum atomic E-state index is 0.126. The largest absolute Gasteiger partial charge is 0.474 e. The fraction of sp³-hybridized carbons (Fsp3) is 0.667. The van der Waals surface area contributed by atoms with E-state index < -0.39 is 0 Å². The molecule has 0 bridgehead atoms. The molecule has 0 spiro atoms. The summed E-state index contributed by atoms with van der Waals surface area (Å²) in [5.74, 6) is 1.09. The van der Waals surface area contributed by atoms with Crippen LogP contribution in [0.2, 0.25) is 0 Å². The number of carbonyl (C=O) groups is 1. The van der Waals surface area contributed by atoms with Gasteiger partial charge >= 0.3 is 0 Å². The summed E-state index contributed by atoms with van der Waals surface area (Å²) in [6, 6.07) is 0.650. The zero-order chi connectivity index (χ0) is 19.7. The minimum Gasteiger partial charge on any atom is -0.474 e. The lowest BCUT2D eigenvalue weighted by molar-refractivity contribution is -0.121. The van der Waals surface area contributed by atoms with Gasteiger partial charge in [0.05, 0.1) is 5.39 Å². The predicted molar refractivity (Wildman–Crippen MR) is 112 cm³/mol. The van der Waals surface area contributed by atoms with Crippen LogP contribution in [0.5, 0.6) is 5.88 Å². The third kappa shape index (κ3) is 3.87. The Bertz CT molecular complexity index is 842. The highest BCUT2D eigenvalue weighted by Crippen LogP contribution is 2.47. The first-order chi connectivity index (χ1) is 13.6. The van der Waals surface area contributed by atoms with E-state index >= 15 is 0 Å². The van der Waals surface area contributed by atoms with E-state index in [0.29, 0.717) is 19.0 Å². The highest BCUT2D eigenvalue weighted by atomic mass is 32.1. The molecule has 0 aromatic carbocycles. The first kappa shape index (κ1) is 19.6. The topological polar surface area (TPSA) is 67.3 Å². The van der Waals surface area contributed by atoms with Crippen LogP contribution in [0.25, 0.3) is 10.2 Å². The molecule has 0 unspecified atom stereocenters. The van der Waals surface area contributed by atoms with Crippen molar-refractivity contribution in [2.24, 2.45) is 0 Å². The van der Waals surface area contributed by atoms with Crippen LogP contribution in [-0.4, -0.2) is 53.6 Å². The number of aromatic nitrogens is 2. The van der Waals surface area contributed by atoms with Gasteiger partial charge in [-0.15, -0.1) is 11.3 Å². The van der Waals surface area contributed by atoms with E-state index in [4.69, 9.17) is 4.74 Å². The lowest BCUT2D eigenvalue weighted by atomic mass is 9.92. The standard InChI is InChI=1S/C21H30N4O2S/c1-4-22-17(26)11-13-5-10-16-18(13)19-20(23-12-24-21(19)28-16)27-15-8-6-14(7-9-15)25(2)3/h12-15H,4-11H2,1-3H3,(H,22,26)/t13-,14?,15?/m0/s1. The van der Waals surface area contributed by atoms with Gasteiger partial charge in [0.15, 0.2) is 0 Å². The maximum atomic E-state index is 12.2. The number of rotatable bonds is 6. The average molecular weight is 403 g/mol. The molecule has 2 aliphatic carbocycles. The van der Waals surface area contributed by atoms with Crippen molar-refractivity contribution in [1.82, 2.24) is 20.2 Å². The van der Waals surface area contributed by atoms with Crippen molar-refractivity contribution in [2.45, 2.75) is 69.9 Å². The predicted octanol–water partition coefficient (Wildman–Crippen LogP) is 3.50. The second kappa shape index (κ2) is 8.33. The Hall–Kier alpha value is -1.73. The van der Waals surface area contributed by atoms with E-state index in [1.54, 1.807) is 17.7 Å². The van der Waals surface area contributed by atoms with Crippen LogP contribution in [0.3, 0.4) is 0 Å². The van der Waals surface area contributed by atoms with Crippen LogP contribution in [-0.2, 0) is 11.2 Å². The molecule has 1 saturated carbocycles. The van der Waals surface area contributed by atoms with Gasteiger partial charge in [-0.25, -0.2) is 9.97 Å². The number of nitrogens with zero attached hydrogens (tertiary/aromatic N) is 3. The summed E-state index contributed by atoms with van der Waals surface area (Å²) >= 11 is 1.74. The molecule has 1 amide bonds. The molecule has 1 atom stereocenters. The molecule has 7 heteroatoms. The maximum Gasteiger partial charge on any atom is 0.225 e. The molecule has 2 aromatic heterocycles. The van der Waals surface area contributed by atoms with Crippen LogP contribution in [0.4, 0.5) is 0 Å². The molecule has 6 nitrogen and oxygen atoms in total. The third-order valence-electron chi connectivity index (χ3n) is 6.15. The summed E-state index contributed by atoms with van der Waals surface area (Å²) in [6.07, 6.45) is 8.85. The molecule has 0 saturated heterocycles. The van der Waals surface area contributed by atoms with E-state index in [9.17, 15) is 4.79 Å². The van der Waals surface area contributed by atoms with E-state index in [1.165, 1.54) is 10.4 Å². The Kier molecular flexibility index (Phi) is 5.83. The third-order valence-corrected chi connectivity index (χ3v) is 7.33. The van der Waals surface area contributed by atoms with E-state index in [-0.39, 0.29) is 17.9 Å². The van der Waals surface area contributed by atoms with Gasteiger partial charge in [0.25, 0.3) is 0 Å². The van der Waals surface area contributed by atoms with Crippen LogP contribution in [0.15, 0.2) is 6.33 Å². The lowest BCUT2D eigenvalue weighted by Gasteiger charge is -2.32. The summed E-state index contributed by atoms with van der Waals surface area (Å²) < 4.78 is 6.42. The van der Waals surface area contributed by atoms with Gasteiger partial charge in [0.2, 0.25) is 11.8 Å². The molecule has 1 N–H and O–H groups in total. The maximum absolute atomic E-state index is 12.2. The van der Waals surface area contributed by atoms with Crippen molar-refractivity contribution in [3.8, 4) is 5.88 Å². The lowest BCUT2D eigenvalue weighted by Crippen LogP contribution is -2.35. The van der Waals surface area contributed by atoms with Crippen molar-refractivity contribution in [3.05, 3.63) is 16.8 Å². The summed E-state index contributed by atoms with van der Waals surface area (Å²) in [4.78, 5) is 25.9. The number of thiophene rings is 1. The van der Waals surface area contributed by atoms with Gasteiger partial charge in [-0.3, -0.25) is 4.79 Å². The fourth-order valence-corrected chi connectivity index (χ4v) is 5.90. The van der Waals surface area contributed by atoms with Gasteiger partial charge in [0.1, 0.15) is 17.3 Å². The number of nitrogens with one attached hydrogen (secondary N) is 1. The van der Waals surface area contributed by atoms with E-state index in [2.05, 4.69) is 34.3 Å². The van der Waals surface area contributed by atoms with Crippen molar-refractivity contribution in [3.63, 3.8) is 0 Å². The zero-order valence-corrected chi connectivity index (χ0v) is 17.8. The molecule has 0 radical (unpaired) electrons. The average Bonchev–Trinajstić information content (AvgIpc) is 3.22. The molecule has 2 aliphatic rings. The van der Waals surface area contributed by atoms with Gasteiger partial charge < -0.3 is 15.0 Å². The molecule has 152 valence electrons. The second-order valence-corrected chi connectivity index (χ2v) is 9.29. The molecular formula is C21H30N4O2S. The van der Waals surface area contributed by atoms with Gasteiger partial charge in [-0.1, -0.05) is 0 Å². The Labute approximate surface area is 170 Å².